The average molecular weight is 283 g/mol. The van der Waals surface area contributed by atoms with E-state index in [1.807, 2.05) is 24.3 Å². The molecule has 0 aliphatic heterocycles. The van der Waals surface area contributed by atoms with Gasteiger partial charge in [0.25, 0.3) is 0 Å². The second kappa shape index (κ2) is 5.68. The molecule has 0 radical (unpaired) electrons. The molecule has 1 unspecified atom stereocenters. The number of aliphatic hydroxyl groups excluding tert-OH is 1. The minimum absolute atomic E-state index is 0.0206. The van der Waals surface area contributed by atoms with Crippen LogP contribution in [-0.4, -0.2) is 30.3 Å². The van der Waals surface area contributed by atoms with Crippen molar-refractivity contribution >= 4 is 5.97 Å². The highest BCUT2D eigenvalue weighted by atomic mass is 16.5. The highest BCUT2D eigenvalue weighted by molar-refractivity contribution is 5.79. The minimum atomic E-state index is -0.975. The van der Waals surface area contributed by atoms with Gasteiger partial charge in [0.05, 0.1) is 6.61 Å². The normalized spacial score (nSPS) is 14.4. The van der Waals surface area contributed by atoms with E-state index in [1.54, 1.807) is 0 Å². The number of nitrogens with two attached hydrogens (primary N) is 1. The molecule has 1 atom stereocenters. The molecular weight excluding hydrogens is 266 g/mol. The Hall–Kier alpha value is -2.17. The molecule has 0 bridgehead atoms. The molecule has 0 amide bonds. The lowest BCUT2D eigenvalue weighted by Crippen LogP contribution is -2.36. The molecule has 0 saturated carbocycles. The number of esters is 1. The van der Waals surface area contributed by atoms with Crippen molar-refractivity contribution in [1.82, 2.24) is 0 Å². The standard InChI is InChI=1S/C17H17NO3/c18-16(9-19)17(20)21-10-15-13-7-3-1-5-11(13)12-6-2-4-8-14(12)15/h1-8,15-16,19H,9-10,18H2. The van der Waals surface area contributed by atoms with E-state index in [9.17, 15) is 4.79 Å². The molecule has 0 heterocycles. The van der Waals surface area contributed by atoms with Crippen molar-refractivity contribution in [2.45, 2.75) is 12.0 Å². The largest absolute Gasteiger partial charge is 0.463 e. The highest BCUT2D eigenvalue weighted by Crippen LogP contribution is 2.44. The molecule has 0 spiro atoms. The zero-order valence-corrected chi connectivity index (χ0v) is 11.5. The second-order valence-electron chi connectivity index (χ2n) is 5.15. The Morgan fingerprint density at radius 3 is 2.14 bits per heavy atom. The molecule has 0 saturated heterocycles. The van der Waals surface area contributed by atoms with E-state index in [-0.39, 0.29) is 12.5 Å². The molecule has 1 aliphatic carbocycles. The van der Waals surface area contributed by atoms with Crippen LogP contribution in [0.2, 0.25) is 0 Å². The number of aliphatic hydroxyl groups is 1. The molecule has 2 aromatic carbocycles. The Kier molecular flexibility index (Phi) is 3.73. The maximum absolute atomic E-state index is 11.6. The summed E-state index contributed by atoms with van der Waals surface area (Å²) in [4.78, 5) is 11.6. The van der Waals surface area contributed by atoms with Crippen LogP contribution < -0.4 is 5.73 Å². The Morgan fingerprint density at radius 1 is 1.10 bits per heavy atom. The van der Waals surface area contributed by atoms with Gasteiger partial charge in [-0.05, 0) is 22.3 Å². The molecule has 3 rings (SSSR count). The predicted octanol–water partition coefficient (Wildman–Crippen LogP) is 1.66. The smallest absolute Gasteiger partial charge is 0.325 e. The Balaban J connectivity index is 1.87. The van der Waals surface area contributed by atoms with Crippen molar-refractivity contribution in [3.05, 3.63) is 59.7 Å². The second-order valence-corrected chi connectivity index (χ2v) is 5.15. The maximum Gasteiger partial charge on any atom is 0.325 e. The zero-order valence-electron chi connectivity index (χ0n) is 11.5. The summed E-state index contributed by atoms with van der Waals surface area (Å²) in [6, 6.07) is 15.3. The van der Waals surface area contributed by atoms with Crippen LogP contribution in [0.25, 0.3) is 11.1 Å². The van der Waals surface area contributed by atoms with Crippen molar-refractivity contribution in [2.24, 2.45) is 5.73 Å². The summed E-state index contributed by atoms with van der Waals surface area (Å²) in [5.74, 6) is -0.549. The first-order chi connectivity index (χ1) is 10.2. The first-order valence-corrected chi connectivity index (χ1v) is 6.93. The van der Waals surface area contributed by atoms with Gasteiger partial charge in [-0.2, -0.15) is 0 Å². The third-order valence-corrected chi connectivity index (χ3v) is 3.85. The van der Waals surface area contributed by atoms with Crippen LogP contribution in [-0.2, 0) is 9.53 Å². The first kappa shape index (κ1) is 13.8. The third kappa shape index (κ3) is 2.44. The summed E-state index contributed by atoms with van der Waals surface area (Å²) >= 11 is 0. The zero-order chi connectivity index (χ0) is 14.8. The van der Waals surface area contributed by atoms with Crippen LogP contribution in [0, 0.1) is 0 Å². The summed E-state index contributed by atoms with van der Waals surface area (Å²) in [6.07, 6.45) is 0. The lowest BCUT2D eigenvalue weighted by molar-refractivity contribution is -0.146. The Bertz CT molecular complexity index is 623. The van der Waals surface area contributed by atoms with Crippen molar-refractivity contribution in [2.75, 3.05) is 13.2 Å². The van der Waals surface area contributed by atoms with E-state index in [2.05, 4.69) is 24.3 Å². The van der Waals surface area contributed by atoms with Crippen LogP contribution in [0.4, 0.5) is 0 Å². The number of hydrogen-bond acceptors (Lipinski definition) is 4. The molecule has 0 aromatic heterocycles. The molecule has 4 nitrogen and oxygen atoms in total. The summed E-state index contributed by atoms with van der Waals surface area (Å²) in [5.41, 5.74) is 10.1. The summed E-state index contributed by atoms with van der Waals surface area (Å²) in [6.45, 7) is -0.169. The molecule has 108 valence electrons. The number of carbonyl (C=O) groups excluding carboxylic acids is 1. The topological polar surface area (TPSA) is 72.5 Å². The molecule has 4 heteroatoms. The molecular formula is C17H17NO3. The van der Waals surface area contributed by atoms with E-state index in [0.29, 0.717) is 0 Å². The number of hydrogen-bond donors (Lipinski definition) is 2. The lowest BCUT2D eigenvalue weighted by Gasteiger charge is -2.15. The van der Waals surface area contributed by atoms with Gasteiger partial charge < -0.3 is 15.6 Å². The highest BCUT2D eigenvalue weighted by Gasteiger charge is 2.29. The van der Waals surface area contributed by atoms with Gasteiger partial charge in [-0.25, -0.2) is 0 Å². The van der Waals surface area contributed by atoms with E-state index >= 15 is 0 Å². The van der Waals surface area contributed by atoms with Gasteiger partial charge in [0.1, 0.15) is 12.6 Å². The summed E-state index contributed by atoms with van der Waals surface area (Å²) in [7, 11) is 0. The number of ether oxygens (including phenoxy) is 1. The van der Waals surface area contributed by atoms with Crippen molar-refractivity contribution < 1.29 is 14.6 Å². The van der Waals surface area contributed by atoms with Gasteiger partial charge >= 0.3 is 5.97 Å². The van der Waals surface area contributed by atoms with E-state index in [1.165, 1.54) is 11.1 Å². The lowest BCUT2D eigenvalue weighted by atomic mass is 9.98. The van der Waals surface area contributed by atoms with Crippen LogP contribution >= 0.6 is 0 Å². The van der Waals surface area contributed by atoms with Gasteiger partial charge in [-0.15, -0.1) is 0 Å². The van der Waals surface area contributed by atoms with Crippen LogP contribution in [0.1, 0.15) is 17.0 Å². The number of rotatable bonds is 4. The van der Waals surface area contributed by atoms with Gasteiger partial charge in [0.15, 0.2) is 0 Å². The van der Waals surface area contributed by atoms with E-state index in [0.717, 1.165) is 11.1 Å². The summed E-state index contributed by atoms with van der Waals surface area (Å²) in [5, 5.41) is 8.89. The Morgan fingerprint density at radius 2 is 1.62 bits per heavy atom. The number of benzene rings is 2. The molecule has 0 fully saturated rings. The van der Waals surface area contributed by atoms with E-state index < -0.39 is 18.6 Å². The SMILES string of the molecule is NC(CO)C(=O)OCC1c2ccccc2-c2ccccc21. The van der Waals surface area contributed by atoms with Crippen molar-refractivity contribution in [3.63, 3.8) is 0 Å². The van der Waals surface area contributed by atoms with Gasteiger partial charge in [0, 0.05) is 5.92 Å². The van der Waals surface area contributed by atoms with E-state index in [4.69, 9.17) is 15.6 Å². The fourth-order valence-corrected chi connectivity index (χ4v) is 2.79. The molecule has 2 aromatic rings. The van der Waals surface area contributed by atoms with Crippen molar-refractivity contribution in [1.29, 1.82) is 0 Å². The van der Waals surface area contributed by atoms with Crippen LogP contribution in [0.5, 0.6) is 0 Å². The fourth-order valence-electron chi connectivity index (χ4n) is 2.79. The van der Waals surface area contributed by atoms with Gasteiger partial charge in [-0.3, -0.25) is 4.79 Å². The average Bonchev–Trinajstić information content (AvgIpc) is 2.86. The van der Waals surface area contributed by atoms with Gasteiger partial charge in [-0.1, -0.05) is 48.5 Å². The van der Waals surface area contributed by atoms with Crippen LogP contribution in [0.15, 0.2) is 48.5 Å². The fraction of sp³-hybridized carbons (Fsp3) is 0.235. The van der Waals surface area contributed by atoms with Crippen molar-refractivity contribution in [3.8, 4) is 11.1 Å². The monoisotopic (exact) mass is 283 g/mol. The third-order valence-electron chi connectivity index (χ3n) is 3.85. The van der Waals surface area contributed by atoms with Crippen LogP contribution in [0.3, 0.4) is 0 Å². The Labute approximate surface area is 123 Å². The quantitative estimate of drug-likeness (QED) is 0.837. The predicted molar refractivity (Wildman–Crippen MR) is 79.7 cm³/mol. The molecule has 3 N–H and O–H groups in total. The first-order valence-electron chi connectivity index (χ1n) is 6.93. The maximum atomic E-state index is 11.6. The number of carbonyl (C=O) groups is 1. The molecule has 1 aliphatic rings. The van der Waals surface area contributed by atoms with Gasteiger partial charge in [0.2, 0.25) is 0 Å². The number of fused-ring (bicyclic) bond motifs is 3. The minimum Gasteiger partial charge on any atom is -0.463 e. The summed E-state index contributed by atoms with van der Waals surface area (Å²) < 4.78 is 5.27. The molecule has 21 heavy (non-hydrogen) atoms.